The van der Waals surface area contributed by atoms with E-state index in [0.29, 0.717) is 0 Å². The molecule has 4 heteroatoms. The summed E-state index contributed by atoms with van der Waals surface area (Å²) in [5, 5.41) is 9.09. The summed E-state index contributed by atoms with van der Waals surface area (Å²) in [5.41, 5.74) is 2.66. The molecule has 0 saturated carbocycles. The topological polar surface area (TPSA) is 30.7 Å². The molecule has 2 aromatic rings. The SMILES string of the molecule is Cc1cccc(CCc2nnc(CBr)n2C)c1. The molecular formula is C13H16BrN3. The second kappa shape index (κ2) is 5.45. The van der Waals surface area contributed by atoms with Crippen molar-refractivity contribution in [2.24, 2.45) is 7.05 Å². The zero-order valence-electron chi connectivity index (χ0n) is 10.2. The minimum Gasteiger partial charge on any atom is -0.317 e. The van der Waals surface area contributed by atoms with Crippen LogP contribution in [0.1, 0.15) is 22.8 Å². The average molecular weight is 294 g/mol. The smallest absolute Gasteiger partial charge is 0.143 e. The molecule has 0 aliphatic carbocycles. The van der Waals surface area contributed by atoms with Gasteiger partial charge in [-0.05, 0) is 18.9 Å². The zero-order chi connectivity index (χ0) is 12.3. The Morgan fingerprint density at radius 2 is 1.94 bits per heavy atom. The average Bonchev–Trinajstić information content (AvgIpc) is 2.67. The van der Waals surface area contributed by atoms with E-state index in [9.17, 15) is 0 Å². The summed E-state index contributed by atoms with van der Waals surface area (Å²) in [6, 6.07) is 8.61. The summed E-state index contributed by atoms with van der Waals surface area (Å²) in [6.07, 6.45) is 1.94. The number of nitrogens with zero attached hydrogens (tertiary/aromatic N) is 3. The number of benzene rings is 1. The number of hydrogen-bond acceptors (Lipinski definition) is 2. The predicted octanol–water partition coefficient (Wildman–Crippen LogP) is 2.80. The van der Waals surface area contributed by atoms with Crippen molar-refractivity contribution in [3.05, 3.63) is 47.0 Å². The minimum absolute atomic E-state index is 0.751. The summed E-state index contributed by atoms with van der Waals surface area (Å²) >= 11 is 3.40. The first-order valence-electron chi connectivity index (χ1n) is 5.69. The highest BCUT2D eigenvalue weighted by Gasteiger charge is 2.07. The number of hydrogen-bond donors (Lipinski definition) is 0. The van der Waals surface area contributed by atoms with Gasteiger partial charge in [0.05, 0.1) is 5.33 Å². The van der Waals surface area contributed by atoms with Crippen LogP contribution in [0.3, 0.4) is 0 Å². The second-order valence-corrected chi connectivity index (χ2v) is 4.77. The van der Waals surface area contributed by atoms with E-state index in [1.807, 2.05) is 7.05 Å². The quantitative estimate of drug-likeness (QED) is 0.812. The number of alkyl halides is 1. The molecule has 0 spiro atoms. The van der Waals surface area contributed by atoms with E-state index in [4.69, 9.17) is 0 Å². The van der Waals surface area contributed by atoms with Crippen molar-refractivity contribution in [2.45, 2.75) is 25.1 Å². The molecule has 0 bridgehead atoms. The van der Waals surface area contributed by atoms with E-state index in [2.05, 4.69) is 61.9 Å². The first-order valence-corrected chi connectivity index (χ1v) is 6.81. The molecule has 0 amide bonds. The summed E-state index contributed by atoms with van der Waals surface area (Å²) < 4.78 is 2.06. The Morgan fingerprint density at radius 3 is 2.59 bits per heavy atom. The first-order chi connectivity index (χ1) is 8.20. The lowest BCUT2D eigenvalue weighted by Crippen LogP contribution is -2.02. The van der Waals surface area contributed by atoms with Crippen molar-refractivity contribution in [3.63, 3.8) is 0 Å². The Bertz CT molecular complexity index is 505. The molecule has 90 valence electrons. The molecule has 0 saturated heterocycles. The lowest BCUT2D eigenvalue weighted by atomic mass is 10.1. The summed E-state index contributed by atoms with van der Waals surface area (Å²) in [7, 11) is 2.02. The molecule has 17 heavy (non-hydrogen) atoms. The Balaban J connectivity index is 2.05. The van der Waals surface area contributed by atoms with Gasteiger partial charge >= 0.3 is 0 Å². The van der Waals surface area contributed by atoms with E-state index >= 15 is 0 Å². The molecule has 0 aliphatic rings. The molecular weight excluding hydrogens is 278 g/mol. The molecule has 3 nitrogen and oxygen atoms in total. The highest BCUT2D eigenvalue weighted by atomic mass is 79.9. The van der Waals surface area contributed by atoms with E-state index in [-0.39, 0.29) is 0 Å². The highest BCUT2D eigenvalue weighted by molar-refractivity contribution is 9.08. The van der Waals surface area contributed by atoms with Crippen LogP contribution in [-0.4, -0.2) is 14.8 Å². The second-order valence-electron chi connectivity index (χ2n) is 4.21. The molecule has 1 aromatic carbocycles. The third kappa shape index (κ3) is 2.94. The van der Waals surface area contributed by atoms with Gasteiger partial charge in [0.2, 0.25) is 0 Å². The van der Waals surface area contributed by atoms with Crippen LogP contribution in [0.15, 0.2) is 24.3 Å². The molecule has 0 N–H and O–H groups in total. The van der Waals surface area contributed by atoms with Gasteiger partial charge in [-0.3, -0.25) is 0 Å². The lowest BCUT2D eigenvalue weighted by molar-refractivity contribution is 0.753. The molecule has 0 unspecified atom stereocenters. The minimum atomic E-state index is 0.751. The number of rotatable bonds is 4. The van der Waals surface area contributed by atoms with Gasteiger partial charge in [0.1, 0.15) is 11.6 Å². The van der Waals surface area contributed by atoms with Crippen molar-refractivity contribution in [3.8, 4) is 0 Å². The maximum atomic E-state index is 4.21. The predicted molar refractivity (Wildman–Crippen MR) is 72.2 cm³/mol. The Kier molecular flexibility index (Phi) is 3.94. The monoisotopic (exact) mass is 293 g/mol. The van der Waals surface area contributed by atoms with Gasteiger partial charge in [-0.1, -0.05) is 45.8 Å². The Hall–Kier alpha value is -1.16. The summed E-state index contributed by atoms with van der Waals surface area (Å²) in [4.78, 5) is 0. The molecule has 0 fully saturated rings. The standard InChI is InChI=1S/C13H16BrN3/c1-10-4-3-5-11(8-10)6-7-12-15-16-13(9-14)17(12)2/h3-5,8H,6-7,9H2,1-2H3. The third-order valence-electron chi connectivity index (χ3n) is 2.89. The largest absolute Gasteiger partial charge is 0.317 e. The van der Waals surface area contributed by atoms with Crippen LogP contribution >= 0.6 is 15.9 Å². The van der Waals surface area contributed by atoms with Crippen molar-refractivity contribution in [1.82, 2.24) is 14.8 Å². The van der Waals surface area contributed by atoms with Gasteiger partial charge in [0.15, 0.2) is 0 Å². The van der Waals surface area contributed by atoms with Gasteiger partial charge in [0.25, 0.3) is 0 Å². The van der Waals surface area contributed by atoms with E-state index in [1.54, 1.807) is 0 Å². The van der Waals surface area contributed by atoms with Crippen LogP contribution in [0.25, 0.3) is 0 Å². The van der Waals surface area contributed by atoms with Gasteiger partial charge in [-0.25, -0.2) is 0 Å². The Morgan fingerprint density at radius 1 is 1.18 bits per heavy atom. The third-order valence-corrected chi connectivity index (χ3v) is 3.40. The van der Waals surface area contributed by atoms with Crippen LogP contribution in [0.5, 0.6) is 0 Å². The lowest BCUT2D eigenvalue weighted by Gasteiger charge is -2.03. The molecule has 0 atom stereocenters. The number of aromatic nitrogens is 3. The fourth-order valence-electron chi connectivity index (χ4n) is 1.86. The van der Waals surface area contributed by atoms with Crippen LogP contribution in [0, 0.1) is 6.92 Å². The van der Waals surface area contributed by atoms with Crippen LogP contribution < -0.4 is 0 Å². The van der Waals surface area contributed by atoms with Crippen molar-refractivity contribution in [1.29, 1.82) is 0 Å². The zero-order valence-corrected chi connectivity index (χ0v) is 11.7. The van der Waals surface area contributed by atoms with E-state index < -0.39 is 0 Å². The van der Waals surface area contributed by atoms with Gasteiger partial charge in [-0.15, -0.1) is 10.2 Å². The molecule has 1 heterocycles. The molecule has 1 aromatic heterocycles. The van der Waals surface area contributed by atoms with Crippen LogP contribution in [0.2, 0.25) is 0 Å². The maximum Gasteiger partial charge on any atom is 0.143 e. The molecule has 2 rings (SSSR count). The van der Waals surface area contributed by atoms with Gasteiger partial charge in [0, 0.05) is 13.5 Å². The Labute approximate surface area is 110 Å². The summed E-state index contributed by atoms with van der Waals surface area (Å²) in [5.74, 6) is 2.02. The number of aryl methyl sites for hydroxylation is 3. The van der Waals surface area contributed by atoms with E-state index in [0.717, 1.165) is 29.8 Å². The van der Waals surface area contributed by atoms with Gasteiger partial charge in [-0.2, -0.15) is 0 Å². The van der Waals surface area contributed by atoms with E-state index in [1.165, 1.54) is 11.1 Å². The normalized spacial score (nSPS) is 10.8. The van der Waals surface area contributed by atoms with Crippen LogP contribution in [-0.2, 0) is 25.2 Å². The number of halogens is 1. The fraction of sp³-hybridized carbons (Fsp3) is 0.385. The highest BCUT2D eigenvalue weighted by Crippen LogP contribution is 2.09. The maximum absolute atomic E-state index is 4.21. The fourth-order valence-corrected chi connectivity index (χ4v) is 2.34. The summed E-state index contributed by atoms with van der Waals surface area (Å²) in [6.45, 7) is 2.12. The van der Waals surface area contributed by atoms with Crippen LogP contribution in [0.4, 0.5) is 0 Å². The van der Waals surface area contributed by atoms with Crippen molar-refractivity contribution < 1.29 is 0 Å². The van der Waals surface area contributed by atoms with Gasteiger partial charge < -0.3 is 4.57 Å². The van der Waals surface area contributed by atoms with Crippen molar-refractivity contribution >= 4 is 15.9 Å². The molecule has 0 radical (unpaired) electrons. The molecule has 0 aliphatic heterocycles. The van der Waals surface area contributed by atoms with Crippen molar-refractivity contribution in [2.75, 3.05) is 0 Å². The first kappa shape index (κ1) is 12.3.